The number of carbonyl (C=O) groups is 1. The van der Waals surface area contributed by atoms with Gasteiger partial charge in [0.2, 0.25) is 0 Å². The topological polar surface area (TPSA) is 46.5 Å². The summed E-state index contributed by atoms with van der Waals surface area (Å²) in [6, 6.07) is 13.3. The largest absolute Gasteiger partial charge is 0.504 e. The predicted octanol–water partition coefficient (Wildman–Crippen LogP) is 3.37. The van der Waals surface area contributed by atoms with Gasteiger partial charge in [0.05, 0.1) is 5.56 Å². The molecule has 0 bridgehead atoms. The number of esters is 1. The van der Waals surface area contributed by atoms with Crippen LogP contribution < -0.4 is 4.74 Å². The van der Waals surface area contributed by atoms with E-state index in [2.05, 4.69) is 15.9 Å². The minimum Gasteiger partial charge on any atom is -0.504 e. The Bertz CT molecular complexity index is 552. The highest BCUT2D eigenvalue weighted by Crippen LogP contribution is 2.26. The van der Waals surface area contributed by atoms with Crippen molar-refractivity contribution < 1.29 is 14.6 Å². The molecule has 17 heavy (non-hydrogen) atoms. The summed E-state index contributed by atoms with van der Waals surface area (Å²) in [5.74, 6) is -0.430. The highest BCUT2D eigenvalue weighted by Gasteiger charge is 2.13. The summed E-state index contributed by atoms with van der Waals surface area (Å²) >= 11 is 3.27. The Morgan fingerprint density at radius 3 is 2.41 bits per heavy atom. The molecule has 4 heteroatoms. The molecule has 0 aromatic heterocycles. The van der Waals surface area contributed by atoms with Gasteiger partial charge in [-0.15, -0.1) is 0 Å². The zero-order chi connectivity index (χ0) is 12.3. The van der Waals surface area contributed by atoms with Crippen molar-refractivity contribution in [3.05, 3.63) is 58.6 Å². The standard InChI is InChI=1S/C13H9BrO3/c14-10-6-2-1-5-9(10)13(16)17-12-8-4-3-7-11(12)15/h1-8,15H. The predicted molar refractivity (Wildman–Crippen MR) is 67.2 cm³/mol. The SMILES string of the molecule is O=C(Oc1ccccc1O)c1ccccc1Br. The number of halogens is 1. The lowest BCUT2D eigenvalue weighted by atomic mass is 10.2. The lowest BCUT2D eigenvalue weighted by Gasteiger charge is -2.06. The molecule has 0 fully saturated rings. The average Bonchev–Trinajstić information content (AvgIpc) is 2.32. The quantitative estimate of drug-likeness (QED) is 0.682. The van der Waals surface area contributed by atoms with Crippen LogP contribution in [0.15, 0.2) is 53.0 Å². The molecule has 2 aromatic rings. The molecular weight excluding hydrogens is 284 g/mol. The van der Waals surface area contributed by atoms with E-state index in [0.717, 1.165) is 0 Å². The number of aromatic hydroxyl groups is 1. The van der Waals surface area contributed by atoms with Crippen LogP contribution >= 0.6 is 15.9 Å². The van der Waals surface area contributed by atoms with E-state index in [1.54, 1.807) is 36.4 Å². The Balaban J connectivity index is 2.24. The van der Waals surface area contributed by atoms with Crippen LogP contribution in [0.25, 0.3) is 0 Å². The number of carbonyl (C=O) groups excluding carboxylic acids is 1. The van der Waals surface area contributed by atoms with Gasteiger partial charge in [-0.05, 0) is 40.2 Å². The first-order valence-electron chi connectivity index (χ1n) is 4.93. The van der Waals surface area contributed by atoms with Crippen molar-refractivity contribution in [1.82, 2.24) is 0 Å². The lowest BCUT2D eigenvalue weighted by molar-refractivity contribution is 0.0728. The van der Waals surface area contributed by atoms with Gasteiger partial charge >= 0.3 is 5.97 Å². The van der Waals surface area contributed by atoms with Gasteiger partial charge in [-0.1, -0.05) is 24.3 Å². The van der Waals surface area contributed by atoms with Crippen LogP contribution in [0, 0.1) is 0 Å². The van der Waals surface area contributed by atoms with E-state index < -0.39 is 5.97 Å². The van der Waals surface area contributed by atoms with Crippen LogP contribution in [0.4, 0.5) is 0 Å². The van der Waals surface area contributed by atoms with Crippen LogP contribution in [0.3, 0.4) is 0 Å². The van der Waals surface area contributed by atoms with E-state index in [1.807, 2.05) is 0 Å². The van der Waals surface area contributed by atoms with E-state index in [0.29, 0.717) is 10.0 Å². The lowest BCUT2D eigenvalue weighted by Crippen LogP contribution is -2.09. The summed E-state index contributed by atoms with van der Waals surface area (Å²) in [6.45, 7) is 0. The zero-order valence-corrected chi connectivity index (χ0v) is 10.3. The molecule has 0 aliphatic heterocycles. The van der Waals surface area contributed by atoms with Gasteiger partial charge in [0, 0.05) is 4.47 Å². The fourth-order valence-corrected chi connectivity index (χ4v) is 1.77. The molecule has 0 radical (unpaired) electrons. The number of hydrogen-bond acceptors (Lipinski definition) is 3. The molecule has 0 heterocycles. The van der Waals surface area contributed by atoms with Gasteiger partial charge in [-0.2, -0.15) is 0 Å². The van der Waals surface area contributed by atoms with E-state index in [9.17, 15) is 9.90 Å². The number of para-hydroxylation sites is 2. The number of hydrogen-bond donors (Lipinski definition) is 1. The van der Waals surface area contributed by atoms with Crippen molar-refractivity contribution in [2.24, 2.45) is 0 Å². The molecule has 86 valence electrons. The van der Waals surface area contributed by atoms with E-state index in [4.69, 9.17) is 4.74 Å². The molecule has 0 amide bonds. The maximum absolute atomic E-state index is 11.8. The van der Waals surface area contributed by atoms with Crippen molar-refractivity contribution in [2.45, 2.75) is 0 Å². The fourth-order valence-electron chi connectivity index (χ4n) is 1.33. The minimum absolute atomic E-state index is 0.0621. The van der Waals surface area contributed by atoms with Gasteiger partial charge in [0.15, 0.2) is 11.5 Å². The van der Waals surface area contributed by atoms with Crippen molar-refractivity contribution >= 4 is 21.9 Å². The second-order valence-corrected chi connectivity index (χ2v) is 4.19. The van der Waals surface area contributed by atoms with Gasteiger partial charge < -0.3 is 9.84 Å². The van der Waals surface area contributed by atoms with Gasteiger partial charge in [0.25, 0.3) is 0 Å². The van der Waals surface area contributed by atoms with Crippen molar-refractivity contribution in [3.63, 3.8) is 0 Å². The second kappa shape index (κ2) is 5.01. The number of phenolic OH excluding ortho intramolecular Hbond substituents is 1. The zero-order valence-electron chi connectivity index (χ0n) is 8.76. The third-order valence-corrected chi connectivity index (χ3v) is 2.85. The Hall–Kier alpha value is -1.81. The van der Waals surface area contributed by atoms with E-state index in [-0.39, 0.29) is 11.5 Å². The van der Waals surface area contributed by atoms with Crippen LogP contribution in [-0.4, -0.2) is 11.1 Å². The molecule has 0 aliphatic rings. The average molecular weight is 293 g/mol. The monoisotopic (exact) mass is 292 g/mol. The third kappa shape index (κ3) is 2.65. The summed E-state index contributed by atoms with van der Waals surface area (Å²) in [5, 5.41) is 9.49. The third-order valence-electron chi connectivity index (χ3n) is 2.16. The van der Waals surface area contributed by atoms with Crippen LogP contribution in [-0.2, 0) is 0 Å². The molecule has 0 aliphatic carbocycles. The van der Waals surface area contributed by atoms with Crippen LogP contribution in [0.1, 0.15) is 10.4 Å². The molecule has 3 nitrogen and oxygen atoms in total. The molecular formula is C13H9BrO3. The number of ether oxygens (including phenoxy) is 1. The molecule has 0 saturated heterocycles. The fraction of sp³-hybridized carbons (Fsp3) is 0. The van der Waals surface area contributed by atoms with Crippen molar-refractivity contribution in [2.75, 3.05) is 0 Å². The molecule has 2 rings (SSSR count). The summed E-state index contributed by atoms with van der Waals surface area (Å²) < 4.78 is 5.75. The number of rotatable bonds is 2. The van der Waals surface area contributed by atoms with E-state index >= 15 is 0 Å². The molecule has 1 N–H and O–H groups in total. The summed E-state index contributed by atoms with van der Waals surface area (Å²) in [5.41, 5.74) is 0.413. The Kier molecular flexibility index (Phi) is 3.44. The first-order chi connectivity index (χ1) is 8.18. The van der Waals surface area contributed by atoms with Crippen molar-refractivity contribution in [1.29, 1.82) is 0 Å². The Morgan fingerprint density at radius 2 is 1.71 bits per heavy atom. The van der Waals surface area contributed by atoms with Crippen LogP contribution in [0.2, 0.25) is 0 Å². The maximum Gasteiger partial charge on any atom is 0.344 e. The van der Waals surface area contributed by atoms with Crippen molar-refractivity contribution in [3.8, 4) is 11.5 Å². The number of benzene rings is 2. The Labute approximate surface area is 107 Å². The van der Waals surface area contributed by atoms with Gasteiger partial charge in [-0.25, -0.2) is 4.79 Å². The molecule has 0 atom stereocenters. The Morgan fingerprint density at radius 1 is 1.06 bits per heavy atom. The molecule has 0 saturated carbocycles. The van der Waals surface area contributed by atoms with Crippen LogP contribution in [0.5, 0.6) is 11.5 Å². The smallest absolute Gasteiger partial charge is 0.344 e. The molecule has 0 spiro atoms. The minimum atomic E-state index is -0.515. The van der Waals surface area contributed by atoms with E-state index in [1.165, 1.54) is 12.1 Å². The number of phenols is 1. The highest BCUT2D eigenvalue weighted by atomic mass is 79.9. The molecule has 0 unspecified atom stereocenters. The first kappa shape index (κ1) is 11.7. The summed E-state index contributed by atoms with van der Waals surface area (Å²) in [4.78, 5) is 11.8. The van der Waals surface area contributed by atoms with Gasteiger partial charge in [0.1, 0.15) is 0 Å². The summed E-state index contributed by atoms with van der Waals surface area (Å²) in [6.07, 6.45) is 0. The first-order valence-corrected chi connectivity index (χ1v) is 5.72. The summed E-state index contributed by atoms with van der Waals surface area (Å²) in [7, 11) is 0. The highest BCUT2D eigenvalue weighted by molar-refractivity contribution is 9.10. The normalized spacial score (nSPS) is 9.94. The molecule has 2 aromatic carbocycles. The van der Waals surface area contributed by atoms with Gasteiger partial charge in [-0.3, -0.25) is 0 Å². The maximum atomic E-state index is 11.8. The second-order valence-electron chi connectivity index (χ2n) is 3.34.